The molecule has 19 heavy (non-hydrogen) atoms. The maximum absolute atomic E-state index is 11.4. The van der Waals surface area contributed by atoms with Gasteiger partial charge in [0.25, 0.3) is 20.2 Å². The van der Waals surface area contributed by atoms with Gasteiger partial charge >= 0.3 is 5.97 Å². The van der Waals surface area contributed by atoms with Crippen LogP contribution in [0.2, 0.25) is 0 Å². The number of esters is 1. The van der Waals surface area contributed by atoms with Crippen LogP contribution >= 0.6 is 23.2 Å². The van der Waals surface area contributed by atoms with Gasteiger partial charge in [0, 0.05) is 0 Å². The second-order valence-electron chi connectivity index (χ2n) is 3.23. The van der Waals surface area contributed by atoms with Gasteiger partial charge in [0.1, 0.15) is 17.7 Å². The Bertz CT molecular complexity index is 574. The molecule has 0 aromatic carbocycles. The molecule has 0 radical (unpaired) electrons. The van der Waals surface area contributed by atoms with E-state index in [2.05, 4.69) is 13.1 Å². The molecule has 1 aliphatic heterocycles. The van der Waals surface area contributed by atoms with E-state index in [0.29, 0.717) is 0 Å². The molecule has 0 aromatic heterocycles. The van der Waals surface area contributed by atoms with Gasteiger partial charge in [-0.05, 0) is 6.08 Å². The van der Waals surface area contributed by atoms with Crippen LogP contribution < -0.4 is 0 Å². The molecule has 1 aliphatic rings. The molecular weight excluding hydrogens is 347 g/mol. The van der Waals surface area contributed by atoms with Crippen molar-refractivity contribution in [2.45, 2.75) is 6.10 Å². The number of halogens is 2. The van der Waals surface area contributed by atoms with E-state index in [-0.39, 0.29) is 11.1 Å². The van der Waals surface area contributed by atoms with Crippen molar-refractivity contribution in [1.82, 2.24) is 0 Å². The average Bonchev–Trinajstić information content (AvgIpc) is 2.32. The number of carbonyl (C=O) groups excluding carboxylic acids is 1. The minimum absolute atomic E-state index is 0.152. The van der Waals surface area contributed by atoms with Crippen molar-refractivity contribution in [3.63, 3.8) is 0 Å². The minimum Gasteiger partial charge on any atom is -0.459 e. The van der Waals surface area contributed by atoms with E-state index in [0.717, 1.165) is 6.08 Å². The summed E-state index contributed by atoms with van der Waals surface area (Å²) in [6, 6.07) is 0. The Hall–Kier alpha value is -0.390. The second kappa shape index (κ2) is 6.37. The number of hydrogen-bond donors (Lipinski definition) is 0. The van der Waals surface area contributed by atoms with Crippen molar-refractivity contribution < 1.29 is 34.7 Å². The van der Waals surface area contributed by atoms with Crippen molar-refractivity contribution in [2.24, 2.45) is 0 Å². The van der Waals surface area contributed by atoms with Crippen LogP contribution in [0.3, 0.4) is 0 Å². The third-order valence-corrected chi connectivity index (χ3v) is 5.32. The molecule has 12 heteroatoms. The van der Waals surface area contributed by atoms with Crippen molar-refractivity contribution in [3.8, 4) is 0 Å². The molecule has 0 aliphatic carbocycles. The smallest absolute Gasteiger partial charge is 0.339 e. The van der Waals surface area contributed by atoms with Crippen molar-refractivity contribution in [1.29, 1.82) is 0 Å². The van der Waals surface area contributed by atoms with Crippen LogP contribution in [-0.4, -0.2) is 47.2 Å². The molecule has 1 unspecified atom stereocenters. The molecule has 0 spiro atoms. The zero-order valence-corrected chi connectivity index (χ0v) is 12.3. The molecule has 110 valence electrons. The first-order valence-corrected chi connectivity index (χ1v) is 8.48. The molecule has 1 saturated heterocycles. The van der Waals surface area contributed by atoms with Crippen molar-refractivity contribution in [3.05, 3.63) is 10.6 Å². The van der Waals surface area contributed by atoms with Crippen LogP contribution in [0.4, 0.5) is 0 Å². The van der Waals surface area contributed by atoms with Crippen LogP contribution in [-0.2, 0) is 38.1 Å². The lowest BCUT2D eigenvalue weighted by atomic mass is 10.4. The Kier molecular flexibility index (Phi) is 5.59. The highest BCUT2D eigenvalue weighted by Crippen LogP contribution is 2.14. The summed E-state index contributed by atoms with van der Waals surface area (Å²) in [5.41, 5.74) is 0. The van der Waals surface area contributed by atoms with Crippen molar-refractivity contribution in [2.75, 3.05) is 18.3 Å². The lowest BCUT2D eigenvalue weighted by Gasteiger charge is -2.10. The molecule has 1 heterocycles. The fourth-order valence-electron chi connectivity index (χ4n) is 0.996. The second-order valence-corrected chi connectivity index (χ2v) is 7.84. The first-order chi connectivity index (χ1) is 8.61. The summed E-state index contributed by atoms with van der Waals surface area (Å²) in [5.74, 6) is -1.12. The van der Waals surface area contributed by atoms with E-state index >= 15 is 0 Å². The summed E-state index contributed by atoms with van der Waals surface area (Å²) in [5, 5.41) is -1.36. The Morgan fingerprint density at radius 3 is 2.47 bits per heavy atom. The predicted molar refractivity (Wildman–Crippen MR) is 64.3 cm³/mol. The van der Waals surface area contributed by atoms with Crippen LogP contribution in [0.1, 0.15) is 0 Å². The molecule has 0 aromatic rings. The van der Waals surface area contributed by atoms with Gasteiger partial charge in [-0.15, -0.1) is 0 Å². The largest absolute Gasteiger partial charge is 0.459 e. The molecule has 1 atom stereocenters. The highest BCUT2D eigenvalue weighted by molar-refractivity contribution is 8.03. The van der Waals surface area contributed by atoms with Gasteiger partial charge in [0.05, 0.1) is 0 Å². The zero-order valence-electron chi connectivity index (χ0n) is 9.11. The van der Waals surface area contributed by atoms with E-state index in [1.807, 2.05) is 0 Å². The van der Waals surface area contributed by atoms with Gasteiger partial charge in [0.15, 0.2) is 6.10 Å². The lowest BCUT2D eigenvalue weighted by Crippen LogP contribution is -2.31. The van der Waals surface area contributed by atoms with E-state index < -0.39 is 44.0 Å². The molecule has 8 nitrogen and oxygen atoms in total. The molecule has 0 amide bonds. The summed E-state index contributed by atoms with van der Waals surface area (Å²) in [7, 11) is -8.75. The first kappa shape index (κ1) is 16.7. The van der Waals surface area contributed by atoms with Gasteiger partial charge in [-0.25, -0.2) is 4.79 Å². The quantitative estimate of drug-likeness (QED) is 0.509. The first-order valence-electron chi connectivity index (χ1n) is 4.57. The van der Waals surface area contributed by atoms with Crippen LogP contribution in [0.5, 0.6) is 0 Å². The Labute approximate surface area is 119 Å². The van der Waals surface area contributed by atoms with Gasteiger partial charge in [-0.3, -0.25) is 8.37 Å². The lowest BCUT2D eigenvalue weighted by molar-refractivity contribution is -0.151. The standard InChI is InChI=1S/C7H8Cl2O8S2/c8-6(9)1-2-15-7(10)5-3-16-18(11,12)4-19(13,14)17-5/h1,5H,2-4H2. The van der Waals surface area contributed by atoms with E-state index in [4.69, 9.17) is 23.2 Å². The fourth-order valence-corrected chi connectivity index (χ4v) is 3.85. The molecule has 1 rings (SSSR count). The Balaban J connectivity index is 2.73. The van der Waals surface area contributed by atoms with Gasteiger partial charge in [-0.2, -0.15) is 16.8 Å². The monoisotopic (exact) mass is 354 g/mol. The summed E-state index contributed by atoms with van der Waals surface area (Å²) >= 11 is 10.5. The molecule has 0 N–H and O–H groups in total. The summed E-state index contributed by atoms with van der Waals surface area (Å²) in [6.45, 7) is -1.12. The van der Waals surface area contributed by atoms with Crippen molar-refractivity contribution >= 4 is 49.4 Å². The third-order valence-electron chi connectivity index (χ3n) is 1.68. The predicted octanol–water partition coefficient (Wildman–Crippen LogP) is -0.119. The molecule has 0 saturated carbocycles. The van der Waals surface area contributed by atoms with Gasteiger partial charge in [-0.1, -0.05) is 23.2 Å². The van der Waals surface area contributed by atoms with E-state index in [9.17, 15) is 21.6 Å². The van der Waals surface area contributed by atoms with Crippen LogP contribution in [0.25, 0.3) is 0 Å². The summed E-state index contributed by atoms with van der Waals surface area (Å²) in [6.07, 6.45) is -0.575. The Morgan fingerprint density at radius 2 is 1.89 bits per heavy atom. The number of rotatable bonds is 3. The van der Waals surface area contributed by atoms with Gasteiger partial charge in [0.2, 0.25) is 5.08 Å². The molecular formula is C7H8Cl2O8S2. The van der Waals surface area contributed by atoms with Gasteiger partial charge < -0.3 is 4.74 Å². The summed E-state index contributed by atoms with van der Waals surface area (Å²) in [4.78, 5) is 11.4. The normalized spacial score (nSPS) is 25.1. The minimum atomic E-state index is -4.44. The van der Waals surface area contributed by atoms with Crippen LogP contribution in [0.15, 0.2) is 10.6 Å². The third kappa shape index (κ3) is 6.06. The molecule has 0 bridgehead atoms. The maximum Gasteiger partial charge on any atom is 0.339 e. The average molecular weight is 355 g/mol. The van der Waals surface area contributed by atoms with Crippen LogP contribution in [0, 0.1) is 0 Å². The number of carbonyl (C=O) groups is 1. The van der Waals surface area contributed by atoms with E-state index in [1.165, 1.54) is 0 Å². The summed E-state index contributed by atoms with van der Waals surface area (Å²) < 4.78 is 57.7. The zero-order chi connectivity index (χ0) is 14.7. The van der Waals surface area contributed by atoms with E-state index in [1.54, 1.807) is 0 Å². The Morgan fingerprint density at radius 1 is 1.26 bits per heavy atom. The molecule has 1 fully saturated rings. The SMILES string of the molecule is O=C(OCC=C(Cl)Cl)C1COS(=O)(=O)CS(=O)(=O)O1. The topological polar surface area (TPSA) is 113 Å². The number of hydrogen-bond acceptors (Lipinski definition) is 8. The number of ether oxygens (including phenoxy) is 1. The highest BCUT2D eigenvalue weighted by Gasteiger charge is 2.37. The maximum atomic E-state index is 11.4. The highest BCUT2D eigenvalue weighted by atomic mass is 35.5. The fraction of sp³-hybridized carbons (Fsp3) is 0.571.